The maximum atomic E-state index is 11.3. The van der Waals surface area contributed by atoms with E-state index >= 15 is 0 Å². The molecule has 0 unspecified atom stereocenters. The molecule has 70 valence electrons. The Bertz CT molecular complexity index is 160. The van der Waals surface area contributed by atoms with Gasteiger partial charge in [-0.2, -0.15) is 0 Å². The highest BCUT2D eigenvalue weighted by molar-refractivity contribution is 5.79. The zero-order chi connectivity index (χ0) is 9.14. The lowest BCUT2D eigenvalue weighted by Crippen LogP contribution is -2.25. The maximum Gasteiger partial charge on any atom is 0.133 e. The number of rotatable bonds is 2. The van der Waals surface area contributed by atoms with Crippen LogP contribution in [0.5, 0.6) is 0 Å². The Balaban J connectivity index is 2.51. The average molecular weight is 168 g/mol. The molecule has 1 aliphatic rings. The summed E-state index contributed by atoms with van der Waals surface area (Å²) in [5.74, 6) is 2.52. The second-order valence-corrected chi connectivity index (χ2v) is 4.46. The molecule has 0 bridgehead atoms. The van der Waals surface area contributed by atoms with Crippen molar-refractivity contribution in [2.75, 3.05) is 0 Å². The molecule has 1 rings (SSSR count). The quantitative estimate of drug-likeness (QED) is 0.619. The monoisotopic (exact) mass is 168 g/mol. The molecule has 0 aromatic carbocycles. The number of carbonyl (C=O) groups is 1. The van der Waals surface area contributed by atoms with Crippen LogP contribution in [0.25, 0.3) is 0 Å². The summed E-state index contributed by atoms with van der Waals surface area (Å²) in [6, 6.07) is 0. The second-order valence-electron chi connectivity index (χ2n) is 4.46. The van der Waals surface area contributed by atoms with Crippen LogP contribution in [0.1, 0.15) is 46.5 Å². The van der Waals surface area contributed by atoms with Gasteiger partial charge in [0.15, 0.2) is 0 Å². The Morgan fingerprint density at radius 3 is 2.58 bits per heavy atom. The van der Waals surface area contributed by atoms with Gasteiger partial charge < -0.3 is 0 Å². The van der Waals surface area contributed by atoms with Crippen molar-refractivity contribution >= 4 is 5.78 Å². The van der Waals surface area contributed by atoms with Crippen molar-refractivity contribution in [2.24, 2.45) is 17.8 Å². The van der Waals surface area contributed by atoms with Gasteiger partial charge in [0.25, 0.3) is 0 Å². The fraction of sp³-hybridized carbons (Fsp3) is 0.909. The third-order valence-electron chi connectivity index (χ3n) is 3.16. The van der Waals surface area contributed by atoms with E-state index in [9.17, 15) is 4.79 Å². The van der Waals surface area contributed by atoms with Crippen molar-refractivity contribution in [1.29, 1.82) is 0 Å². The molecule has 0 spiro atoms. The van der Waals surface area contributed by atoms with E-state index in [2.05, 4.69) is 20.8 Å². The lowest BCUT2D eigenvalue weighted by molar-refractivity contribution is -0.123. The summed E-state index contributed by atoms with van der Waals surface area (Å²) in [4.78, 5) is 11.3. The molecular weight excluding hydrogens is 148 g/mol. The second kappa shape index (κ2) is 4.06. The number of hydrogen-bond acceptors (Lipinski definition) is 1. The van der Waals surface area contributed by atoms with Crippen molar-refractivity contribution in [1.82, 2.24) is 0 Å². The number of ketones is 1. The van der Waals surface area contributed by atoms with Gasteiger partial charge in [-0.25, -0.2) is 0 Å². The third kappa shape index (κ3) is 2.33. The topological polar surface area (TPSA) is 17.1 Å². The summed E-state index contributed by atoms with van der Waals surface area (Å²) in [5, 5.41) is 0. The summed E-state index contributed by atoms with van der Waals surface area (Å²) in [7, 11) is 0. The van der Waals surface area contributed by atoms with E-state index < -0.39 is 0 Å². The molecule has 0 N–H and O–H groups in total. The molecule has 1 nitrogen and oxygen atoms in total. The molecule has 0 heterocycles. The number of carbonyl (C=O) groups excluding carboxylic acids is 1. The number of Topliss-reactive ketones (excluding diaryl/α,β-unsaturated/α-hetero) is 1. The van der Waals surface area contributed by atoms with E-state index in [1.807, 2.05) is 0 Å². The summed E-state index contributed by atoms with van der Waals surface area (Å²) < 4.78 is 0. The van der Waals surface area contributed by atoms with Crippen LogP contribution in [0.15, 0.2) is 0 Å². The molecule has 2 atom stereocenters. The van der Waals surface area contributed by atoms with Crippen LogP contribution in [-0.2, 0) is 4.79 Å². The van der Waals surface area contributed by atoms with Crippen LogP contribution < -0.4 is 0 Å². The van der Waals surface area contributed by atoms with Gasteiger partial charge in [-0.05, 0) is 24.2 Å². The van der Waals surface area contributed by atoms with Crippen LogP contribution in [0.2, 0.25) is 0 Å². The fourth-order valence-electron chi connectivity index (χ4n) is 2.11. The smallest absolute Gasteiger partial charge is 0.133 e. The Labute approximate surface area is 75.5 Å². The lowest BCUT2D eigenvalue weighted by Gasteiger charge is -2.30. The molecule has 1 heteroatoms. The SMILES string of the molecule is CC[C@@H]1CC(=O)C[C@@H](C(C)C)C1. The van der Waals surface area contributed by atoms with Crippen LogP contribution in [0.4, 0.5) is 0 Å². The first-order chi connectivity index (χ1) is 5.63. The first kappa shape index (κ1) is 9.76. The Morgan fingerprint density at radius 2 is 2.08 bits per heavy atom. The van der Waals surface area contributed by atoms with E-state index in [1.165, 1.54) is 12.8 Å². The van der Waals surface area contributed by atoms with Crippen molar-refractivity contribution in [2.45, 2.75) is 46.5 Å². The van der Waals surface area contributed by atoms with Gasteiger partial charge in [0.05, 0.1) is 0 Å². The van der Waals surface area contributed by atoms with Gasteiger partial charge >= 0.3 is 0 Å². The average Bonchev–Trinajstić information content (AvgIpc) is 2.03. The van der Waals surface area contributed by atoms with Gasteiger partial charge in [0.2, 0.25) is 0 Å². The van der Waals surface area contributed by atoms with Gasteiger partial charge in [0.1, 0.15) is 5.78 Å². The molecule has 0 aliphatic heterocycles. The molecule has 0 radical (unpaired) electrons. The van der Waals surface area contributed by atoms with Gasteiger partial charge in [0, 0.05) is 12.8 Å². The summed E-state index contributed by atoms with van der Waals surface area (Å²) >= 11 is 0. The first-order valence-corrected chi connectivity index (χ1v) is 5.15. The van der Waals surface area contributed by atoms with E-state index in [0.717, 1.165) is 12.8 Å². The fourth-order valence-corrected chi connectivity index (χ4v) is 2.11. The molecule has 12 heavy (non-hydrogen) atoms. The first-order valence-electron chi connectivity index (χ1n) is 5.15. The van der Waals surface area contributed by atoms with Gasteiger partial charge in [-0.15, -0.1) is 0 Å². The predicted molar refractivity (Wildman–Crippen MR) is 51.0 cm³/mol. The van der Waals surface area contributed by atoms with Crippen LogP contribution in [-0.4, -0.2) is 5.78 Å². The zero-order valence-electron chi connectivity index (χ0n) is 8.47. The molecule has 1 saturated carbocycles. The predicted octanol–water partition coefficient (Wildman–Crippen LogP) is 3.04. The lowest BCUT2D eigenvalue weighted by atomic mass is 9.75. The van der Waals surface area contributed by atoms with Crippen LogP contribution in [0, 0.1) is 17.8 Å². The number of hydrogen-bond donors (Lipinski definition) is 0. The Hall–Kier alpha value is -0.330. The standard InChI is InChI=1S/C11H20O/c1-4-9-5-10(8(2)3)7-11(12)6-9/h8-10H,4-7H2,1-3H3/t9-,10-/m0/s1. The molecule has 0 aromatic heterocycles. The third-order valence-corrected chi connectivity index (χ3v) is 3.16. The summed E-state index contributed by atoms with van der Waals surface area (Å²) in [5.41, 5.74) is 0. The highest BCUT2D eigenvalue weighted by Crippen LogP contribution is 2.33. The van der Waals surface area contributed by atoms with Gasteiger partial charge in [-0.1, -0.05) is 27.2 Å². The van der Waals surface area contributed by atoms with E-state index in [0.29, 0.717) is 23.5 Å². The van der Waals surface area contributed by atoms with Crippen LogP contribution >= 0.6 is 0 Å². The maximum absolute atomic E-state index is 11.3. The van der Waals surface area contributed by atoms with Crippen molar-refractivity contribution in [3.63, 3.8) is 0 Å². The van der Waals surface area contributed by atoms with Crippen molar-refractivity contribution < 1.29 is 4.79 Å². The van der Waals surface area contributed by atoms with Crippen molar-refractivity contribution in [3.8, 4) is 0 Å². The molecule has 0 aromatic rings. The van der Waals surface area contributed by atoms with Gasteiger partial charge in [-0.3, -0.25) is 4.79 Å². The highest BCUT2D eigenvalue weighted by atomic mass is 16.1. The Kier molecular flexibility index (Phi) is 3.30. The normalized spacial score (nSPS) is 31.2. The minimum Gasteiger partial charge on any atom is -0.300 e. The highest BCUT2D eigenvalue weighted by Gasteiger charge is 2.27. The molecule has 0 saturated heterocycles. The van der Waals surface area contributed by atoms with Crippen LogP contribution in [0.3, 0.4) is 0 Å². The van der Waals surface area contributed by atoms with E-state index in [4.69, 9.17) is 0 Å². The van der Waals surface area contributed by atoms with E-state index in [1.54, 1.807) is 0 Å². The minimum absolute atomic E-state index is 0.492. The zero-order valence-corrected chi connectivity index (χ0v) is 8.47. The molecule has 1 fully saturated rings. The van der Waals surface area contributed by atoms with E-state index in [-0.39, 0.29) is 0 Å². The largest absolute Gasteiger partial charge is 0.300 e. The summed E-state index contributed by atoms with van der Waals surface area (Å²) in [6.45, 7) is 6.66. The molecule has 1 aliphatic carbocycles. The molecule has 0 amide bonds. The minimum atomic E-state index is 0.492. The summed E-state index contributed by atoms with van der Waals surface area (Å²) in [6.07, 6.45) is 4.14. The molecular formula is C11H20O. The Morgan fingerprint density at radius 1 is 1.42 bits per heavy atom. The van der Waals surface area contributed by atoms with Crippen molar-refractivity contribution in [3.05, 3.63) is 0 Å².